The molecular formula is C42H42Cl2F2N4O8. The van der Waals surface area contributed by atoms with Gasteiger partial charge in [-0.25, -0.2) is 4.79 Å². The number of amides is 1. The summed E-state index contributed by atoms with van der Waals surface area (Å²) in [6.45, 7) is -0.942. The van der Waals surface area contributed by atoms with Gasteiger partial charge < -0.3 is 40.1 Å². The third-order valence-corrected chi connectivity index (χ3v) is 11.7. The van der Waals surface area contributed by atoms with E-state index in [2.05, 4.69) is 20.3 Å². The topological polar surface area (TPSA) is 153 Å². The summed E-state index contributed by atoms with van der Waals surface area (Å²) in [6, 6.07) is 19.6. The number of nitrogens with one attached hydrogen (secondary N) is 2. The number of halogens is 4. The molecule has 4 fully saturated rings. The Labute approximate surface area is 343 Å². The number of fused-ring (bicyclic) bond motifs is 3. The fraction of sp³-hybridized carbons (Fsp3) is 0.381. The molecule has 4 aliphatic rings. The number of piperidine rings is 3. The van der Waals surface area contributed by atoms with Crippen LogP contribution in [0.25, 0.3) is 0 Å². The van der Waals surface area contributed by atoms with Crippen LogP contribution in [0.1, 0.15) is 58.8 Å². The molecule has 1 aliphatic carbocycles. The van der Waals surface area contributed by atoms with Crippen LogP contribution >= 0.6 is 23.2 Å². The third kappa shape index (κ3) is 9.40. The number of anilines is 1. The number of rotatable bonds is 17. The minimum atomic E-state index is -3.11. The average molecular weight is 840 g/mol. The molecule has 306 valence electrons. The highest BCUT2D eigenvalue weighted by Crippen LogP contribution is 2.46. The van der Waals surface area contributed by atoms with Crippen molar-refractivity contribution in [1.82, 2.24) is 10.2 Å². The molecule has 8 rings (SSSR count). The molecule has 4 aromatic rings. The Balaban J connectivity index is 1.09. The van der Waals surface area contributed by atoms with Gasteiger partial charge in [-0.15, -0.1) is 0 Å². The van der Waals surface area contributed by atoms with Crippen molar-refractivity contribution in [1.29, 1.82) is 0 Å². The van der Waals surface area contributed by atoms with Crippen LogP contribution in [0.15, 0.2) is 85.2 Å². The van der Waals surface area contributed by atoms with Gasteiger partial charge in [0.2, 0.25) is 0 Å². The number of carbonyl (C=O) groups is 3. The number of hydrogen-bond donors (Lipinski definition) is 3. The number of carboxylic acids is 1. The minimum absolute atomic E-state index is 0.000819. The second-order valence-electron chi connectivity index (χ2n) is 14.9. The molecule has 1 aromatic heterocycles. The number of benzene rings is 3. The van der Waals surface area contributed by atoms with E-state index >= 15 is 0 Å². The number of hydrogen-bond acceptors (Lipinski definition) is 9. The van der Waals surface area contributed by atoms with Gasteiger partial charge in [-0.05, 0) is 92.1 Å². The number of alkyl halides is 2. The molecule has 3 aliphatic heterocycles. The van der Waals surface area contributed by atoms with E-state index in [1.165, 1.54) is 18.2 Å². The second-order valence-corrected chi connectivity index (χ2v) is 15.7. The average Bonchev–Trinajstić information content (AvgIpc) is 4.05. The fourth-order valence-corrected chi connectivity index (χ4v) is 8.55. The van der Waals surface area contributed by atoms with E-state index in [0.29, 0.717) is 28.1 Å². The van der Waals surface area contributed by atoms with Gasteiger partial charge in [0.15, 0.2) is 29.4 Å². The maximum absolute atomic E-state index is 13.5. The molecule has 1 unspecified atom stereocenters. The molecule has 3 saturated heterocycles. The molecule has 58 heavy (non-hydrogen) atoms. The lowest BCUT2D eigenvalue weighted by Crippen LogP contribution is -2.60. The highest BCUT2D eigenvalue weighted by atomic mass is 35.5. The summed E-state index contributed by atoms with van der Waals surface area (Å²) < 4.78 is 43.3. The number of pyridine rings is 1. The van der Waals surface area contributed by atoms with Crippen LogP contribution in [0, 0.1) is 23.0 Å². The van der Waals surface area contributed by atoms with E-state index in [4.69, 9.17) is 32.7 Å². The van der Waals surface area contributed by atoms with E-state index in [9.17, 15) is 33.5 Å². The second kappa shape index (κ2) is 17.8. The molecule has 1 amide bonds. The van der Waals surface area contributed by atoms with Gasteiger partial charge in [0.05, 0.1) is 6.61 Å². The van der Waals surface area contributed by atoms with Gasteiger partial charge >= 0.3 is 18.6 Å². The summed E-state index contributed by atoms with van der Waals surface area (Å²) >= 11 is 12.7. The quantitative estimate of drug-likeness (QED) is 0.0576. The summed E-state index contributed by atoms with van der Waals surface area (Å²) in [6.07, 6.45) is 4.59. The number of esters is 1. The van der Waals surface area contributed by atoms with E-state index in [1.807, 2.05) is 30.3 Å². The van der Waals surface area contributed by atoms with Crippen molar-refractivity contribution in [3.05, 3.63) is 123 Å². The van der Waals surface area contributed by atoms with Crippen LogP contribution in [0.5, 0.6) is 11.5 Å². The molecule has 3 aromatic carbocycles. The van der Waals surface area contributed by atoms with E-state index in [1.54, 1.807) is 24.3 Å². The summed E-state index contributed by atoms with van der Waals surface area (Å²) in [5.41, 5.74) is 0.298. The molecule has 16 heteroatoms. The van der Waals surface area contributed by atoms with Gasteiger partial charge in [-0.1, -0.05) is 65.7 Å². The Morgan fingerprint density at radius 1 is 0.948 bits per heavy atom. The molecule has 1 saturated carbocycles. The fourth-order valence-electron chi connectivity index (χ4n) is 7.95. The summed E-state index contributed by atoms with van der Waals surface area (Å²) in [5.74, 6) is -2.46. The van der Waals surface area contributed by atoms with Crippen molar-refractivity contribution in [3.63, 3.8) is 0 Å². The first-order valence-electron chi connectivity index (χ1n) is 19.0. The molecule has 12 nitrogen and oxygen atoms in total. The highest BCUT2D eigenvalue weighted by Gasteiger charge is 2.53. The number of ether oxygens (including phenoxy) is 3. The number of aromatic nitrogens is 1. The van der Waals surface area contributed by atoms with Crippen molar-refractivity contribution >= 4 is 46.7 Å². The first-order valence-corrected chi connectivity index (χ1v) is 19.8. The van der Waals surface area contributed by atoms with Crippen molar-refractivity contribution in [2.45, 2.75) is 50.4 Å². The zero-order valence-corrected chi connectivity index (χ0v) is 32.8. The van der Waals surface area contributed by atoms with E-state index in [0.717, 1.165) is 51.2 Å². The Hall–Kier alpha value is -5.18. The maximum Gasteiger partial charge on any atom is 0.387 e. The van der Waals surface area contributed by atoms with Gasteiger partial charge in [0.25, 0.3) is 5.91 Å². The number of carboxylic acid groups (broad SMARTS) is 1. The minimum Gasteiger partial charge on any atom is -0.619 e. The molecular weight excluding hydrogens is 797 g/mol. The lowest BCUT2D eigenvalue weighted by molar-refractivity contribution is -0.605. The molecule has 0 spiro atoms. The normalized spacial score (nSPS) is 20.1. The summed E-state index contributed by atoms with van der Waals surface area (Å²) in [5, 5.41) is 28.8. The van der Waals surface area contributed by atoms with Gasteiger partial charge in [0.1, 0.15) is 22.7 Å². The maximum atomic E-state index is 13.5. The smallest absolute Gasteiger partial charge is 0.387 e. The van der Waals surface area contributed by atoms with Crippen LogP contribution in [0.4, 0.5) is 14.5 Å². The first kappa shape index (κ1) is 41.0. The zero-order valence-electron chi connectivity index (χ0n) is 31.3. The Morgan fingerprint density at radius 2 is 1.67 bits per heavy atom. The summed E-state index contributed by atoms with van der Waals surface area (Å²) in [4.78, 5) is 42.7. The predicted octanol–water partition coefficient (Wildman–Crippen LogP) is 7.01. The Bertz CT molecular complexity index is 2110. The SMILES string of the molecule is O=C(CNC(=O)c1cccc(NC(C(=O)O)(c2ccccc2)[C@H]2CN3CCC2CC3)c1)O[C@@H](Cc1c(Cl)c[n+]([O-])cc1Cl)c1ccc(OC(F)F)c(OCC2CC2)c1. The van der Waals surface area contributed by atoms with Crippen molar-refractivity contribution < 1.29 is 47.2 Å². The van der Waals surface area contributed by atoms with Gasteiger partial charge in [-0.2, -0.15) is 13.5 Å². The predicted molar refractivity (Wildman–Crippen MR) is 210 cm³/mol. The van der Waals surface area contributed by atoms with Crippen LogP contribution in [0.3, 0.4) is 0 Å². The van der Waals surface area contributed by atoms with Crippen molar-refractivity contribution in [3.8, 4) is 11.5 Å². The highest BCUT2D eigenvalue weighted by molar-refractivity contribution is 6.35. The molecule has 3 atom stereocenters. The van der Waals surface area contributed by atoms with Crippen LogP contribution in [0.2, 0.25) is 10.0 Å². The van der Waals surface area contributed by atoms with Gasteiger partial charge in [-0.3, -0.25) is 9.59 Å². The van der Waals surface area contributed by atoms with Crippen molar-refractivity contribution in [2.75, 3.05) is 38.1 Å². The largest absolute Gasteiger partial charge is 0.619 e. The van der Waals surface area contributed by atoms with Gasteiger partial charge in [0, 0.05) is 35.7 Å². The Kier molecular flexibility index (Phi) is 12.5. The monoisotopic (exact) mass is 838 g/mol. The number of carbonyl (C=O) groups excluding carboxylic acids is 2. The lowest BCUT2D eigenvalue weighted by Gasteiger charge is -2.52. The van der Waals surface area contributed by atoms with E-state index in [-0.39, 0.29) is 63.5 Å². The third-order valence-electron chi connectivity index (χ3n) is 11.1. The van der Waals surface area contributed by atoms with Crippen LogP contribution in [-0.2, 0) is 26.3 Å². The molecule has 4 heterocycles. The summed E-state index contributed by atoms with van der Waals surface area (Å²) in [7, 11) is 0. The molecule has 0 radical (unpaired) electrons. The van der Waals surface area contributed by atoms with Crippen LogP contribution in [-0.4, -0.2) is 67.2 Å². The number of nitrogens with zero attached hydrogens (tertiary/aromatic N) is 2. The Morgan fingerprint density at radius 3 is 2.31 bits per heavy atom. The zero-order chi connectivity index (χ0) is 41.0. The standard InChI is InChI=1S/C42H42Cl2F2N4O8/c43-33-22-50(55)23-34(44)31(33)19-36(27-11-12-35(58-41(45)46)37(18-27)56-24-25-9-10-25)57-38(51)20-47-39(52)28-5-4-8-30(17-28)48-42(40(53)54,29-6-2-1-3-7-29)32-21-49-15-13-26(32)14-16-49/h1-8,11-12,17-18,22-23,25-26,32,36,41,48H,9-10,13-16,19-21,24H2,(H,47,52)(H,53,54)/t32-,36-,42?/m0/s1. The van der Waals surface area contributed by atoms with E-state index < -0.39 is 42.6 Å². The van der Waals surface area contributed by atoms with Crippen molar-refractivity contribution in [2.24, 2.45) is 17.8 Å². The molecule has 2 bridgehead atoms. The lowest BCUT2D eigenvalue weighted by atomic mass is 9.65. The molecule has 3 N–H and O–H groups in total. The van der Waals surface area contributed by atoms with Crippen LogP contribution < -0.4 is 24.8 Å². The first-order chi connectivity index (χ1) is 27.9. The number of aliphatic carboxylic acids is 1.